The molecule has 180 valence electrons. The number of benzene rings is 1. The van der Waals surface area contributed by atoms with Gasteiger partial charge >= 0.3 is 5.97 Å². The number of hydrogen-bond acceptors (Lipinski definition) is 5. The maximum Gasteiger partial charge on any atom is 0.335 e. The number of nitrogens with zero attached hydrogens (tertiary/aromatic N) is 4. The molecule has 2 N–H and O–H groups in total. The van der Waals surface area contributed by atoms with Crippen LogP contribution in [0, 0.1) is 23.0 Å². The van der Waals surface area contributed by atoms with Crippen LogP contribution in [-0.2, 0) is 14.9 Å². The zero-order valence-electron chi connectivity index (χ0n) is 19.4. The Hall–Kier alpha value is -3.84. The summed E-state index contributed by atoms with van der Waals surface area (Å²) in [5, 5.41) is 27.0. The number of halogens is 2. The largest absolute Gasteiger partial charge is 0.479 e. The van der Waals surface area contributed by atoms with Crippen molar-refractivity contribution in [2.24, 2.45) is 0 Å². The number of hydrogen-bond donors (Lipinski definition) is 2. The number of methoxy groups -OCH3 is 1. The maximum absolute atomic E-state index is 14.4. The van der Waals surface area contributed by atoms with Gasteiger partial charge in [0, 0.05) is 47.3 Å². The van der Waals surface area contributed by atoms with Gasteiger partial charge in [-0.25, -0.2) is 18.6 Å². The lowest BCUT2D eigenvalue weighted by atomic mass is 9.65. The molecule has 3 heterocycles. The zero-order chi connectivity index (χ0) is 25.1. The predicted molar refractivity (Wildman–Crippen MR) is 123 cm³/mol. The topological polar surface area (TPSA) is 117 Å². The van der Waals surface area contributed by atoms with Crippen LogP contribution < -0.4 is 0 Å². The Balaban J connectivity index is 1.86. The normalized spacial score (nSPS) is 20.2. The minimum absolute atomic E-state index is 0.139. The molecule has 0 atom stereocenters. The highest BCUT2D eigenvalue weighted by molar-refractivity contribution is 5.94. The van der Waals surface area contributed by atoms with Crippen LogP contribution in [0.15, 0.2) is 30.5 Å². The highest BCUT2D eigenvalue weighted by Gasteiger charge is 2.53. The van der Waals surface area contributed by atoms with E-state index < -0.39 is 28.6 Å². The van der Waals surface area contributed by atoms with Gasteiger partial charge in [-0.1, -0.05) is 13.8 Å². The molecule has 35 heavy (non-hydrogen) atoms. The van der Waals surface area contributed by atoms with E-state index in [0.29, 0.717) is 28.1 Å². The Morgan fingerprint density at radius 1 is 1.34 bits per heavy atom. The lowest BCUT2D eigenvalue weighted by Gasteiger charge is -2.44. The number of aliphatic carboxylic acids is 1. The van der Waals surface area contributed by atoms with Crippen molar-refractivity contribution >= 4 is 28.0 Å². The summed E-state index contributed by atoms with van der Waals surface area (Å²) in [6.07, 6.45) is 2.19. The number of carboxylic acid groups (broad SMARTS) is 1. The van der Waals surface area contributed by atoms with Gasteiger partial charge in [0.15, 0.2) is 22.9 Å². The van der Waals surface area contributed by atoms with Gasteiger partial charge in [-0.3, -0.25) is 5.10 Å². The molecule has 0 amide bonds. The fourth-order valence-electron chi connectivity index (χ4n) is 5.19. The molecule has 1 aliphatic carbocycles. The number of pyridine rings is 1. The number of fused-ring (bicyclic) bond motifs is 2. The molecule has 0 saturated heterocycles. The Labute approximate surface area is 199 Å². The van der Waals surface area contributed by atoms with Gasteiger partial charge in [-0.15, -0.1) is 0 Å². The number of nitriles is 1. The molecule has 4 aromatic rings. The van der Waals surface area contributed by atoms with E-state index in [-0.39, 0.29) is 25.2 Å². The SMILES string of the molecule is CO[C@]1(C(=O)O)C[C@H](c2c(C(C)(C)CC#N)n(-c3ccc(F)c(F)c3)c3cc4cn[nH]c4nc32)C1. The molecule has 3 aromatic heterocycles. The second kappa shape index (κ2) is 7.85. The summed E-state index contributed by atoms with van der Waals surface area (Å²) >= 11 is 0. The highest BCUT2D eigenvalue weighted by atomic mass is 19.2. The summed E-state index contributed by atoms with van der Waals surface area (Å²) in [5.74, 6) is -3.24. The van der Waals surface area contributed by atoms with Crippen LogP contribution in [0.5, 0.6) is 0 Å². The number of nitrogens with one attached hydrogen (secondary N) is 1. The maximum atomic E-state index is 14.4. The number of H-pyrrole nitrogens is 1. The molecule has 1 aromatic carbocycles. The lowest BCUT2D eigenvalue weighted by molar-refractivity contribution is -0.175. The van der Waals surface area contributed by atoms with Crippen molar-refractivity contribution in [1.82, 2.24) is 19.7 Å². The van der Waals surface area contributed by atoms with Crippen LogP contribution >= 0.6 is 0 Å². The first-order chi connectivity index (χ1) is 16.6. The number of aromatic nitrogens is 4. The fraction of sp³-hybridized carbons (Fsp3) is 0.360. The van der Waals surface area contributed by atoms with Gasteiger partial charge in [0.1, 0.15) is 0 Å². The van der Waals surface area contributed by atoms with Crippen molar-refractivity contribution in [1.29, 1.82) is 5.26 Å². The van der Waals surface area contributed by atoms with Gasteiger partial charge < -0.3 is 14.4 Å². The molecule has 0 unspecified atom stereocenters. The van der Waals surface area contributed by atoms with Crippen molar-refractivity contribution in [3.05, 3.63) is 53.4 Å². The second-order valence-corrected chi connectivity index (χ2v) is 9.69. The predicted octanol–water partition coefficient (Wildman–Crippen LogP) is 4.72. The summed E-state index contributed by atoms with van der Waals surface area (Å²) in [6, 6.07) is 7.73. The molecule has 5 rings (SSSR count). The summed E-state index contributed by atoms with van der Waals surface area (Å²) in [5.41, 5.74) is 1.58. The summed E-state index contributed by atoms with van der Waals surface area (Å²) in [4.78, 5) is 16.7. The minimum Gasteiger partial charge on any atom is -0.479 e. The average molecular weight is 479 g/mol. The van der Waals surface area contributed by atoms with Crippen LogP contribution in [0.3, 0.4) is 0 Å². The van der Waals surface area contributed by atoms with Crippen LogP contribution in [0.25, 0.3) is 27.8 Å². The van der Waals surface area contributed by atoms with Crippen LogP contribution in [0.1, 0.15) is 50.3 Å². The van der Waals surface area contributed by atoms with Gasteiger partial charge in [0.2, 0.25) is 0 Å². The van der Waals surface area contributed by atoms with E-state index in [2.05, 4.69) is 16.3 Å². The lowest BCUT2D eigenvalue weighted by Crippen LogP contribution is -2.51. The van der Waals surface area contributed by atoms with Gasteiger partial charge in [-0.05, 0) is 37.0 Å². The van der Waals surface area contributed by atoms with E-state index in [4.69, 9.17) is 9.72 Å². The molecule has 0 bridgehead atoms. The van der Waals surface area contributed by atoms with E-state index in [1.165, 1.54) is 13.2 Å². The first kappa shape index (κ1) is 22.9. The van der Waals surface area contributed by atoms with E-state index in [1.807, 2.05) is 19.9 Å². The standard InChI is InChI=1S/C25H23F2N5O3/c1-24(2,6-7-28)21-19(14-10-25(11-14,35-3)23(33)34)20-18(8-13-12-29-31-22(13)30-20)32(21)15-4-5-16(26)17(27)9-15/h4-5,8-9,12,14H,6,10-11H2,1-3H3,(H,33,34)(H,29,30,31)/t14-,25+. The summed E-state index contributed by atoms with van der Waals surface area (Å²) in [7, 11) is 1.38. The van der Waals surface area contributed by atoms with Crippen molar-refractivity contribution < 1.29 is 23.4 Å². The third kappa shape index (κ3) is 3.38. The van der Waals surface area contributed by atoms with Crippen LogP contribution in [0.4, 0.5) is 8.78 Å². The molecular weight excluding hydrogens is 456 g/mol. The van der Waals surface area contributed by atoms with Gasteiger partial charge in [0.05, 0.1) is 23.3 Å². The Morgan fingerprint density at radius 2 is 2.09 bits per heavy atom. The number of ether oxygens (including phenoxy) is 1. The fourth-order valence-corrected chi connectivity index (χ4v) is 5.19. The van der Waals surface area contributed by atoms with E-state index in [0.717, 1.165) is 23.1 Å². The van der Waals surface area contributed by atoms with Crippen molar-refractivity contribution in [2.45, 2.75) is 50.0 Å². The van der Waals surface area contributed by atoms with E-state index in [9.17, 15) is 23.9 Å². The van der Waals surface area contributed by atoms with Gasteiger partial charge in [-0.2, -0.15) is 10.4 Å². The number of carbonyl (C=O) groups is 1. The van der Waals surface area contributed by atoms with E-state index >= 15 is 0 Å². The molecule has 8 nitrogen and oxygen atoms in total. The first-order valence-corrected chi connectivity index (χ1v) is 11.1. The van der Waals surface area contributed by atoms with Crippen molar-refractivity contribution in [3.8, 4) is 11.8 Å². The number of rotatable bonds is 6. The van der Waals surface area contributed by atoms with Crippen LogP contribution in [0.2, 0.25) is 0 Å². The zero-order valence-corrected chi connectivity index (χ0v) is 19.4. The van der Waals surface area contributed by atoms with Gasteiger partial charge in [0.25, 0.3) is 0 Å². The molecule has 1 aliphatic rings. The first-order valence-electron chi connectivity index (χ1n) is 11.1. The number of carboxylic acids is 1. The number of aromatic amines is 1. The third-order valence-corrected chi connectivity index (χ3v) is 7.05. The Morgan fingerprint density at radius 3 is 2.71 bits per heavy atom. The van der Waals surface area contributed by atoms with Crippen molar-refractivity contribution in [2.75, 3.05) is 7.11 Å². The van der Waals surface area contributed by atoms with Crippen molar-refractivity contribution in [3.63, 3.8) is 0 Å². The molecule has 1 fully saturated rings. The monoisotopic (exact) mass is 479 g/mol. The average Bonchev–Trinajstić information content (AvgIpc) is 3.36. The van der Waals surface area contributed by atoms with Crippen LogP contribution in [-0.4, -0.2) is 43.5 Å². The quantitative estimate of drug-likeness (QED) is 0.413. The Bertz CT molecular complexity index is 1530. The van der Waals surface area contributed by atoms with E-state index in [1.54, 1.807) is 10.8 Å². The summed E-state index contributed by atoms with van der Waals surface area (Å²) < 4.78 is 35.4. The molecular formula is C25H23F2N5O3. The molecule has 10 heteroatoms. The summed E-state index contributed by atoms with van der Waals surface area (Å²) in [6.45, 7) is 3.80. The third-order valence-electron chi connectivity index (χ3n) is 7.05. The molecule has 0 radical (unpaired) electrons. The Kier molecular flexibility index (Phi) is 5.14. The highest BCUT2D eigenvalue weighted by Crippen LogP contribution is 2.53. The molecule has 1 saturated carbocycles. The molecule has 0 spiro atoms. The second-order valence-electron chi connectivity index (χ2n) is 9.69. The minimum atomic E-state index is -1.31. The molecule has 0 aliphatic heterocycles. The smallest absolute Gasteiger partial charge is 0.335 e.